The van der Waals surface area contributed by atoms with Crippen LogP contribution in [0.4, 0.5) is 14.6 Å². The van der Waals surface area contributed by atoms with Crippen LogP contribution in [0.2, 0.25) is 5.02 Å². The van der Waals surface area contributed by atoms with Crippen molar-refractivity contribution in [2.75, 3.05) is 31.5 Å². The molecule has 0 spiro atoms. The molecular weight excluding hydrogens is 490 g/mol. The van der Waals surface area contributed by atoms with Gasteiger partial charge in [0, 0.05) is 25.3 Å². The fourth-order valence-corrected chi connectivity index (χ4v) is 5.13. The number of benzene rings is 1. The second kappa shape index (κ2) is 11.5. The number of halogens is 3. The average molecular weight is 521 g/mol. The summed E-state index contributed by atoms with van der Waals surface area (Å²) in [6.07, 6.45) is 4.16. The molecule has 1 aromatic carbocycles. The highest BCUT2D eigenvalue weighted by Gasteiger charge is 2.36. The lowest BCUT2D eigenvalue weighted by atomic mass is 9.89. The lowest BCUT2D eigenvalue weighted by Crippen LogP contribution is -2.48. The number of carbonyl (C=O) groups excluding carboxylic acids is 1. The summed E-state index contributed by atoms with van der Waals surface area (Å²) >= 11 is 5.85. The van der Waals surface area contributed by atoms with Crippen LogP contribution in [0.3, 0.4) is 0 Å². The average Bonchev–Trinajstić information content (AvgIpc) is 2.86. The molecule has 0 saturated carbocycles. The number of alkyl halides is 1. The predicted octanol–water partition coefficient (Wildman–Crippen LogP) is 4.24. The first-order chi connectivity index (χ1) is 17.2. The Labute approximate surface area is 214 Å². The summed E-state index contributed by atoms with van der Waals surface area (Å²) < 4.78 is 29.4. The molecule has 4 rings (SSSR count). The maximum atomic E-state index is 15.7. The van der Waals surface area contributed by atoms with Gasteiger partial charge in [0.1, 0.15) is 23.3 Å². The van der Waals surface area contributed by atoms with E-state index in [1.54, 1.807) is 0 Å². The highest BCUT2D eigenvalue weighted by Crippen LogP contribution is 2.31. The number of aromatic nitrogens is 1. The van der Waals surface area contributed by atoms with Gasteiger partial charge in [-0.15, -0.1) is 0 Å². The van der Waals surface area contributed by atoms with Crippen molar-refractivity contribution in [3.63, 3.8) is 0 Å². The molecule has 3 heterocycles. The molecule has 1 saturated heterocycles. The molecule has 2 aromatic rings. The van der Waals surface area contributed by atoms with E-state index < -0.39 is 29.4 Å². The van der Waals surface area contributed by atoms with Crippen LogP contribution < -0.4 is 10.6 Å². The van der Waals surface area contributed by atoms with Crippen molar-refractivity contribution < 1.29 is 23.5 Å². The zero-order valence-corrected chi connectivity index (χ0v) is 20.8. The molecule has 2 aliphatic heterocycles. The van der Waals surface area contributed by atoms with Crippen LogP contribution in [-0.2, 0) is 17.6 Å². The van der Waals surface area contributed by atoms with E-state index in [4.69, 9.17) is 11.6 Å². The zero-order valence-electron chi connectivity index (χ0n) is 20.0. The van der Waals surface area contributed by atoms with Gasteiger partial charge in [-0.2, -0.15) is 0 Å². The van der Waals surface area contributed by atoms with E-state index in [9.17, 15) is 19.1 Å². The molecule has 194 valence electrons. The fraction of sp³-hybridized carbons (Fsp3) is 0.500. The van der Waals surface area contributed by atoms with Crippen LogP contribution in [0.15, 0.2) is 30.3 Å². The first-order valence-electron chi connectivity index (χ1n) is 12.4. The SMILES string of the molecule is O=C(NC(CCN1CCC[C@@](F)(CCc2ccc3c(n2)NCCC3)C1)C(=O)O)c1cccc(F)c1Cl. The first kappa shape index (κ1) is 26.3. The zero-order chi connectivity index (χ0) is 25.7. The number of nitrogens with zero attached hydrogens (tertiary/aromatic N) is 2. The molecule has 36 heavy (non-hydrogen) atoms. The minimum Gasteiger partial charge on any atom is -0.480 e. The van der Waals surface area contributed by atoms with Crippen LogP contribution in [0.25, 0.3) is 0 Å². The Morgan fingerprint density at radius 2 is 2.11 bits per heavy atom. The van der Waals surface area contributed by atoms with Crippen molar-refractivity contribution in [2.45, 2.75) is 56.7 Å². The topological polar surface area (TPSA) is 94.6 Å². The standard InChI is InChI=1S/C26H31ClF2N4O3/c27-22-19(5-1-6-20(22)28)24(34)32-21(25(35)36)10-15-33-14-3-11-26(29,16-33)12-9-18-8-7-17-4-2-13-30-23(17)31-18/h1,5-8,21H,2-4,9-16H2,(H,30,31)(H,32,34)(H,35,36)/t21?,26-/m1/s1. The second-order valence-electron chi connectivity index (χ2n) is 9.63. The molecule has 0 radical (unpaired) electrons. The van der Waals surface area contributed by atoms with Gasteiger partial charge in [0.05, 0.1) is 10.6 Å². The minimum atomic E-state index is -1.39. The van der Waals surface area contributed by atoms with Gasteiger partial charge < -0.3 is 20.6 Å². The van der Waals surface area contributed by atoms with Crippen LogP contribution >= 0.6 is 11.6 Å². The van der Waals surface area contributed by atoms with E-state index in [-0.39, 0.29) is 23.6 Å². The Balaban J connectivity index is 1.31. The number of aryl methyl sites for hydroxylation is 2. The molecule has 10 heteroatoms. The lowest BCUT2D eigenvalue weighted by molar-refractivity contribution is -0.139. The fourth-order valence-electron chi connectivity index (χ4n) is 4.92. The number of pyridine rings is 1. The third-order valence-electron chi connectivity index (χ3n) is 6.92. The number of rotatable bonds is 9. The van der Waals surface area contributed by atoms with E-state index in [1.807, 2.05) is 11.0 Å². The molecule has 2 aliphatic rings. The summed E-state index contributed by atoms with van der Waals surface area (Å²) in [5.74, 6) is -1.84. The van der Waals surface area contributed by atoms with Gasteiger partial charge in [0.25, 0.3) is 5.91 Å². The smallest absolute Gasteiger partial charge is 0.326 e. The predicted molar refractivity (Wildman–Crippen MR) is 134 cm³/mol. The van der Waals surface area contributed by atoms with Gasteiger partial charge in [0.2, 0.25) is 0 Å². The molecule has 0 aliphatic carbocycles. The third kappa shape index (κ3) is 6.50. The summed E-state index contributed by atoms with van der Waals surface area (Å²) in [6.45, 7) is 2.06. The Kier molecular flexibility index (Phi) is 8.41. The van der Waals surface area contributed by atoms with Crippen LogP contribution in [0.1, 0.15) is 53.7 Å². The normalized spacial score (nSPS) is 20.8. The van der Waals surface area contributed by atoms with E-state index in [0.29, 0.717) is 38.8 Å². The summed E-state index contributed by atoms with van der Waals surface area (Å²) in [6, 6.07) is 6.61. The van der Waals surface area contributed by atoms with E-state index in [2.05, 4.69) is 21.7 Å². The number of carboxylic acid groups (broad SMARTS) is 1. The molecule has 1 aromatic heterocycles. The summed E-state index contributed by atoms with van der Waals surface area (Å²) in [7, 11) is 0. The highest BCUT2D eigenvalue weighted by atomic mass is 35.5. The van der Waals surface area contributed by atoms with Crippen molar-refractivity contribution in [1.82, 2.24) is 15.2 Å². The van der Waals surface area contributed by atoms with Crippen LogP contribution in [0.5, 0.6) is 0 Å². The molecular formula is C26H31ClF2N4O3. The molecule has 0 bridgehead atoms. The van der Waals surface area contributed by atoms with Gasteiger partial charge >= 0.3 is 5.97 Å². The number of anilines is 1. The number of amides is 1. The Morgan fingerprint density at radius 3 is 2.92 bits per heavy atom. The first-order valence-corrected chi connectivity index (χ1v) is 12.7. The quantitative estimate of drug-likeness (QED) is 0.458. The molecule has 1 amide bonds. The summed E-state index contributed by atoms with van der Waals surface area (Å²) in [5.41, 5.74) is 0.542. The maximum Gasteiger partial charge on any atom is 0.326 e. The van der Waals surface area contributed by atoms with Crippen molar-refractivity contribution in [3.05, 3.63) is 58.0 Å². The molecule has 7 nitrogen and oxygen atoms in total. The number of aliphatic carboxylic acids is 1. The molecule has 3 N–H and O–H groups in total. The lowest BCUT2D eigenvalue weighted by Gasteiger charge is -2.38. The molecule has 1 unspecified atom stereocenters. The summed E-state index contributed by atoms with van der Waals surface area (Å²) in [4.78, 5) is 30.8. The molecule has 2 atom stereocenters. The number of hydrogen-bond donors (Lipinski definition) is 3. The third-order valence-corrected chi connectivity index (χ3v) is 7.30. The number of carboxylic acids is 1. The minimum absolute atomic E-state index is 0.0855. The van der Waals surface area contributed by atoms with Crippen molar-refractivity contribution >= 4 is 29.3 Å². The van der Waals surface area contributed by atoms with E-state index in [0.717, 1.165) is 37.0 Å². The van der Waals surface area contributed by atoms with Crippen LogP contribution in [-0.4, -0.2) is 64.8 Å². The maximum absolute atomic E-state index is 15.7. The van der Waals surface area contributed by atoms with Crippen molar-refractivity contribution in [2.24, 2.45) is 0 Å². The highest BCUT2D eigenvalue weighted by molar-refractivity contribution is 6.34. The van der Waals surface area contributed by atoms with E-state index >= 15 is 4.39 Å². The number of carbonyl (C=O) groups is 2. The van der Waals surface area contributed by atoms with Gasteiger partial charge in [-0.25, -0.2) is 18.6 Å². The largest absolute Gasteiger partial charge is 0.480 e. The van der Waals surface area contributed by atoms with Gasteiger partial charge in [-0.1, -0.05) is 23.7 Å². The van der Waals surface area contributed by atoms with Gasteiger partial charge in [-0.3, -0.25) is 4.79 Å². The van der Waals surface area contributed by atoms with Crippen LogP contribution in [0, 0.1) is 5.82 Å². The monoisotopic (exact) mass is 520 g/mol. The van der Waals surface area contributed by atoms with Crippen molar-refractivity contribution in [1.29, 1.82) is 0 Å². The number of hydrogen-bond acceptors (Lipinski definition) is 5. The van der Waals surface area contributed by atoms with Crippen molar-refractivity contribution in [3.8, 4) is 0 Å². The van der Waals surface area contributed by atoms with E-state index in [1.165, 1.54) is 17.7 Å². The number of likely N-dealkylation sites (tertiary alicyclic amines) is 1. The molecule has 1 fully saturated rings. The number of fused-ring (bicyclic) bond motifs is 1. The number of nitrogens with one attached hydrogen (secondary N) is 2. The van der Waals surface area contributed by atoms with Gasteiger partial charge in [-0.05, 0) is 75.3 Å². The van der Waals surface area contributed by atoms with Gasteiger partial charge in [0.15, 0.2) is 0 Å². The second-order valence-corrected chi connectivity index (χ2v) is 10.0. The Bertz CT molecular complexity index is 1120. The Hall–Kier alpha value is -2.78. The summed E-state index contributed by atoms with van der Waals surface area (Å²) in [5, 5.41) is 14.9. The number of piperidine rings is 1. The Morgan fingerprint density at radius 1 is 1.28 bits per heavy atom.